The van der Waals surface area contributed by atoms with E-state index in [2.05, 4.69) is 15.8 Å². The maximum absolute atomic E-state index is 9.91. The number of hydrazone groups is 1. The first-order chi connectivity index (χ1) is 9.22. The second kappa shape index (κ2) is 6.15. The number of phenols is 1. The van der Waals surface area contributed by atoms with E-state index in [0.717, 1.165) is 17.3 Å². The molecule has 0 saturated heterocycles. The topological polar surface area (TPSA) is 56.7 Å². The van der Waals surface area contributed by atoms with Crippen molar-refractivity contribution in [3.63, 3.8) is 0 Å². The van der Waals surface area contributed by atoms with Crippen molar-refractivity contribution in [3.05, 3.63) is 42.0 Å². The number of phenolic OH excluding ortho intramolecular Hbond substituents is 1. The summed E-state index contributed by atoms with van der Waals surface area (Å²) < 4.78 is 0. The minimum atomic E-state index is 0.193. The van der Waals surface area contributed by atoms with Crippen molar-refractivity contribution in [2.75, 3.05) is 6.54 Å². The molecule has 2 aromatic carbocycles. The van der Waals surface area contributed by atoms with Crippen molar-refractivity contribution in [1.82, 2.24) is 10.7 Å². The van der Waals surface area contributed by atoms with Crippen LogP contribution in [-0.2, 0) is 0 Å². The predicted molar refractivity (Wildman–Crippen MR) is 82.6 cm³/mol. The maximum Gasteiger partial charge on any atom is 0.186 e. The van der Waals surface area contributed by atoms with Gasteiger partial charge in [-0.15, -0.1) is 0 Å². The van der Waals surface area contributed by atoms with Gasteiger partial charge in [0.1, 0.15) is 5.75 Å². The molecule has 0 bridgehead atoms. The minimum Gasteiger partial charge on any atom is -0.507 e. The van der Waals surface area contributed by atoms with E-state index in [1.807, 2.05) is 37.3 Å². The summed E-state index contributed by atoms with van der Waals surface area (Å²) in [7, 11) is 0. The molecule has 0 radical (unpaired) electrons. The molecule has 0 saturated carbocycles. The Labute approximate surface area is 117 Å². The number of hydrogen-bond acceptors (Lipinski definition) is 3. The number of thiocarbonyl (C=S) groups is 1. The van der Waals surface area contributed by atoms with E-state index in [1.54, 1.807) is 12.3 Å². The molecule has 19 heavy (non-hydrogen) atoms. The van der Waals surface area contributed by atoms with E-state index < -0.39 is 0 Å². The molecule has 4 nitrogen and oxygen atoms in total. The van der Waals surface area contributed by atoms with Crippen molar-refractivity contribution in [2.45, 2.75) is 6.92 Å². The van der Waals surface area contributed by atoms with Crippen LogP contribution < -0.4 is 10.7 Å². The third-order valence-electron chi connectivity index (χ3n) is 2.64. The first kappa shape index (κ1) is 13.3. The van der Waals surface area contributed by atoms with Crippen molar-refractivity contribution < 1.29 is 5.11 Å². The number of rotatable bonds is 3. The molecule has 0 aromatic heterocycles. The summed E-state index contributed by atoms with van der Waals surface area (Å²) >= 11 is 5.00. The van der Waals surface area contributed by atoms with Gasteiger partial charge in [-0.1, -0.05) is 30.3 Å². The highest BCUT2D eigenvalue weighted by molar-refractivity contribution is 7.80. The van der Waals surface area contributed by atoms with Crippen LogP contribution in [0.2, 0.25) is 0 Å². The van der Waals surface area contributed by atoms with Crippen molar-refractivity contribution in [3.8, 4) is 5.75 Å². The third-order valence-corrected chi connectivity index (χ3v) is 2.88. The Bertz CT molecular complexity index is 625. The predicted octanol–water partition coefficient (Wildman–Crippen LogP) is 2.36. The van der Waals surface area contributed by atoms with Crippen LogP contribution >= 0.6 is 12.2 Å². The quantitative estimate of drug-likeness (QED) is 0.456. The molecule has 0 spiro atoms. The molecule has 0 heterocycles. The Morgan fingerprint density at radius 1 is 1.32 bits per heavy atom. The molecule has 0 amide bonds. The summed E-state index contributed by atoms with van der Waals surface area (Å²) in [6.07, 6.45) is 1.57. The van der Waals surface area contributed by atoms with Crippen molar-refractivity contribution in [2.24, 2.45) is 5.10 Å². The van der Waals surface area contributed by atoms with Crippen LogP contribution in [0.4, 0.5) is 0 Å². The lowest BCUT2D eigenvalue weighted by Gasteiger charge is -2.06. The number of benzene rings is 2. The smallest absolute Gasteiger partial charge is 0.186 e. The summed E-state index contributed by atoms with van der Waals surface area (Å²) in [4.78, 5) is 0. The van der Waals surface area contributed by atoms with Gasteiger partial charge in [0.25, 0.3) is 0 Å². The van der Waals surface area contributed by atoms with Crippen LogP contribution in [0.5, 0.6) is 5.75 Å². The van der Waals surface area contributed by atoms with Crippen LogP contribution in [0.25, 0.3) is 10.8 Å². The second-order valence-corrected chi connectivity index (χ2v) is 4.36. The van der Waals surface area contributed by atoms with Gasteiger partial charge in [0.15, 0.2) is 5.11 Å². The molecule has 2 rings (SSSR count). The Morgan fingerprint density at radius 3 is 2.89 bits per heavy atom. The SMILES string of the molecule is CCNC(=S)N/N=C/c1c(O)ccc2ccccc12. The van der Waals surface area contributed by atoms with Crippen LogP contribution in [0, 0.1) is 0 Å². The lowest BCUT2D eigenvalue weighted by Crippen LogP contribution is -2.31. The van der Waals surface area contributed by atoms with Gasteiger partial charge >= 0.3 is 0 Å². The van der Waals surface area contributed by atoms with Crippen molar-refractivity contribution in [1.29, 1.82) is 0 Å². The first-order valence-electron chi connectivity index (χ1n) is 6.00. The average Bonchev–Trinajstić information content (AvgIpc) is 2.41. The van der Waals surface area contributed by atoms with Crippen molar-refractivity contribution >= 4 is 34.3 Å². The lowest BCUT2D eigenvalue weighted by atomic mass is 10.0. The summed E-state index contributed by atoms with van der Waals surface area (Å²) in [6.45, 7) is 2.69. The van der Waals surface area contributed by atoms with Gasteiger partial charge in [-0.05, 0) is 36.0 Å². The summed E-state index contributed by atoms with van der Waals surface area (Å²) in [5.74, 6) is 0.193. The van der Waals surface area contributed by atoms with Gasteiger partial charge in [-0.2, -0.15) is 5.10 Å². The van der Waals surface area contributed by atoms with Crippen LogP contribution in [0.15, 0.2) is 41.5 Å². The molecule has 0 atom stereocenters. The van der Waals surface area contributed by atoms with Gasteiger partial charge in [-0.25, -0.2) is 0 Å². The molecular formula is C14H15N3OS. The zero-order valence-corrected chi connectivity index (χ0v) is 11.4. The second-order valence-electron chi connectivity index (χ2n) is 3.95. The van der Waals surface area contributed by atoms with E-state index in [1.165, 1.54) is 0 Å². The molecule has 0 unspecified atom stereocenters. The van der Waals surface area contributed by atoms with E-state index in [-0.39, 0.29) is 5.75 Å². The summed E-state index contributed by atoms with van der Waals surface area (Å²) in [6, 6.07) is 11.3. The highest BCUT2D eigenvalue weighted by Crippen LogP contribution is 2.25. The highest BCUT2D eigenvalue weighted by atomic mass is 32.1. The van der Waals surface area contributed by atoms with Gasteiger partial charge in [0.05, 0.1) is 6.21 Å². The van der Waals surface area contributed by atoms with Gasteiger partial charge in [-0.3, -0.25) is 5.43 Å². The lowest BCUT2D eigenvalue weighted by molar-refractivity contribution is 0.475. The Hall–Kier alpha value is -2.14. The Morgan fingerprint density at radius 2 is 2.11 bits per heavy atom. The molecule has 2 aromatic rings. The maximum atomic E-state index is 9.91. The number of aromatic hydroxyl groups is 1. The van der Waals surface area contributed by atoms with Gasteiger partial charge in [0.2, 0.25) is 0 Å². The molecule has 0 aliphatic rings. The fourth-order valence-corrected chi connectivity index (χ4v) is 1.97. The summed E-state index contributed by atoms with van der Waals surface area (Å²) in [5.41, 5.74) is 3.37. The van der Waals surface area contributed by atoms with E-state index in [9.17, 15) is 5.11 Å². The normalized spacial score (nSPS) is 10.8. The minimum absolute atomic E-state index is 0.193. The first-order valence-corrected chi connectivity index (χ1v) is 6.41. The third kappa shape index (κ3) is 3.20. The molecule has 0 fully saturated rings. The van der Waals surface area contributed by atoms with Gasteiger partial charge in [0, 0.05) is 12.1 Å². The van der Waals surface area contributed by atoms with E-state index in [0.29, 0.717) is 10.7 Å². The largest absolute Gasteiger partial charge is 0.507 e. The molecule has 0 aliphatic heterocycles. The Balaban J connectivity index is 2.27. The highest BCUT2D eigenvalue weighted by Gasteiger charge is 2.03. The fourth-order valence-electron chi connectivity index (χ4n) is 1.78. The fraction of sp³-hybridized carbons (Fsp3) is 0.143. The number of hydrogen-bond donors (Lipinski definition) is 3. The zero-order chi connectivity index (χ0) is 13.7. The molecule has 3 N–H and O–H groups in total. The van der Waals surface area contributed by atoms with Crippen LogP contribution in [-0.4, -0.2) is 23.0 Å². The summed E-state index contributed by atoms with van der Waals surface area (Å²) in [5, 5.41) is 19.3. The molecule has 98 valence electrons. The molecular weight excluding hydrogens is 258 g/mol. The number of nitrogens with zero attached hydrogens (tertiary/aromatic N) is 1. The number of fused-ring (bicyclic) bond motifs is 1. The van der Waals surface area contributed by atoms with Crippen LogP contribution in [0.3, 0.4) is 0 Å². The van der Waals surface area contributed by atoms with E-state index in [4.69, 9.17) is 12.2 Å². The van der Waals surface area contributed by atoms with Gasteiger partial charge < -0.3 is 10.4 Å². The molecule has 0 aliphatic carbocycles. The monoisotopic (exact) mass is 273 g/mol. The average molecular weight is 273 g/mol. The standard InChI is InChI=1S/C14H15N3OS/c1-2-15-14(19)17-16-9-12-11-6-4-3-5-10(11)7-8-13(12)18/h3-9,18H,2H2,1H3,(H2,15,17,19)/b16-9+. The van der Waals surface area contributed by atoms with E-state index >= 15 is 0 Å². The molecule has 5 heteroatoms. The Kier molecular flexibility index (Phi) is 4.30. The zero-order valence-electron chi connectivity index (χ0n) is 10.6. The van der Waals surface area contributed by atoms with Crippen LogP contribution in [0.1, 0.15) is 12.5 Å². The number of nitrogens with one attached hydrogen (secondary N) is 2.